The highest BCUT2D eigenvalue weighted by atomic mass is 16.3. The molecule has 0 aliphatic heterocycles. The van der Waals surface area contributed by atoms with Gasteiger partial charge in [0.1, 0.15) is 11.2 Å². The molecular formula is C44H28O. The number of fused-ring (bicyclic) bond motifs is 5. The third-order valence-corrected chi connectivity index (χ3v) is 7.38. The van der Waals surface area contributed by atoms with Gasteiger partial charge in [-0.05, 0) is 78.6 Å². The highest BCUT2D eigenvalue weighted by Crippen LogP contribution is 2.44. The molecule has 1 aromatic heterocycles. The summed E-state index contributed by atoms with van der Waals surface area (Å²) in [5.41, 5.74) is -3.68. The maximum Gasteiger partial charge on any atom is 0.143 e. The maximum absolute atomic E-state index is 9.47. The maximum atomic E-state index is 9.47. The van der Waals surface area contributed by atoms with Crippen molar-refractivity contribution in [3.8, 4) is 44.5 Å². The van der Waals surface area contributed by atoms with Crippen molar-refractivity contribution in [1.29, 1.82) is 0 Å². The number of hydrogen-bond acceptors (Lipinski definition) is 1. The molecule has 1 heterocycles. The first-order valence-electron chi connectivity index (χ1n) is 25.5. The molecule has 0 bridgehead atoms. The quantitative estimate of drug-likeness (QED) is 0.184. The lowest BCUT2D eigenvalue weighted by atomic mass is 9.85. The van der Waals surface area contributed by atoms with Gasteiger partial charge in [-0.2, -0.15) is 0 Å². The third-order valence-electron chi connectivity index (χ3n) is 7.38. The molecule has 210 valence electrons. The number of para-hydroxylation sites is 1. The van der Waals surface area contributed by atoms with Gasteiger partial charge in [-0.15, -0.1) is 0 Å². The first-order valence-corrected chi connectivity index (χ1v) is 13.5. The number of furan rings is 1. The molecule has 0 saturated carbocycles. The van der Waals surface area contributed by atoms with E-state index in [-0.39, 0.29) is 43.8 Å². The molecule has 0 radical (unpaired) electrons. The molecule has 0 unspecified atom stereocenters. The molecular weight excluding hydrogens is 544 g/mol. The Morgan fingerprint density at radius 1 is 0.400 bits per heavy atom. The predicted octanol–water partition coefficient (Wildman–Crippen LogP) is 12.6. The topological polar surface area (TPSA) is 13.1 Å². The fraction of sp³-hybridized carbons (Fsp3) is 0. The predicted molar refractivity (Wildman–Crippen MR) is 190 cm³/mol. The Balaban J connectivity index is 1.43. The van der Waals surface area contributed by atoms with E-state index in [9.17, 15) is 9.60 Å². The van der Waals surface area contributed by atoms with E-state index in [2.05, 4.69) is 0 Å². The minimum Gasteiger partial charge on any atom is -0.455 e. The molecule has 8 aromatic carbocycles. The van der Waals surface area contributed by atoms with Crippen LogP contribution in [-0.4, -0.2) is 0 Å². The average Bonchev–Trinajstić information content (AvgIpc) is 3.74. The van der Waals surface area contributed by atoms with Crippen molar-refractivity contribution in [3.63, 3.8) is 0 Å². The summed E-state index contributed by atoms with van der Waals surface area (Å²) in [5.74, 6) is 0. The van der Waals surface area contributed by atoms with Crippen LogP contribution >= 0.6 is 0 Å². The first-order chi connectivity index (χ1) is 32.3. The minimum atomic E-state index is -0.831. The van der Waals surface area contributed by atoms with Crippen LogP contribution in [0, 0.1) is 0 Å². The van der Waals surface area contributed by atoms with Gasteiger partial charge in [-0.25, -0.2) is 0 Å². The Morgan fingerprint density at radius 3 is 1.62 bits per heavy atom. The van der Waals surface area contributed by atoms with Crippen LogP contribution in [0.15, 0.2) is 174 Å². The monoisotopic (exact) mass is 596 g/mol. The van der Waals surface area contributed by atoms with E-state index in [0.29, 0.717) is 0 Å². The van der Waals surface area contributed by atoms with E-state index < -0.39 is 189 Å². The molecule has 0 spiro atoms. The zero-order valence-electron chi connectivity index (χ0n) is 46.7. The van der Waals surface area contributed by atoms with Gasteiger partial charge in [-0.1, -0.05) is 151 Å². The van der Waals surface area contributed by atoms with Gasteiger partial charge in [0.25, 0.3) is 0 Å². The molecule has 0 aliphatic carbocycles. The van der Waals surface area contributed by atoms with Crippen LogP contribution < -0.4 is 0 Å². The molecule has 0 fully saturated rings. The Labute approximate surface area is 295 Å². The van der Waals surface area contributed by atoms with E-state index in [1.807, 2.05) is 0 Å². The second-order valence-electron chi connectivity index (χ2n) is 9.84. The van der Waals surface area contributed by atoms with Gasteiger partial charge in [0.2, 0.25) is 0 Å². The molecule has 9 rings (SSSR count). The van der Waals surface area contributed by atoms with E-state index >= 15 is 0 Å². The molecule has 1 heteroatoms. The van der Waals surface area contributed by atoms with Crippen molar-refractivity contribution in [2.24, 2.45) is 0 Å². The van der Waals surface area contributed by atoms with Crippen molar-refractivity contribution in [1.82, 2.24) is 0 Å². The molecule has 0 aliphatic rings. The van der Waals surface area contributed by atoms with E-state index in [0.717, 1.165) is 0 Å². The van der Waals surface area contributed by atoms with Crippen molar-refractivity contribution in [2.45, 2.75) is 0 Å². The fourth-order valence-electron chi connectivity index (χ4n) is 5.48. The van der Waals surface area contributed by atoms with Crippen LogP contribution in [0.3, 0.4) is 0 Å². The summed E-state index contributed by atoms with van der Waals surface area (Å²) in [5, 5.41) is -2.37. The summed E-state index contributed by atoms with van der Waals surface area (Å²) in [4.78, 5) is 0. The second kappa shape index (κ2) is 10.4. The summed E-state index contributed by atoms with van der Waals surface area (Å²) in [6, 6.07) is -12.8. The molecule has 9 aromatic rings. The second-order valence-corrected chi connectivity index (χ2v) is 9.84. The molecule has 45 heavy (non-hydrogen) atoms. The summed E-state index contributed by atoms with van der Waals surface area (Å²) >= 11 is 0. The average molecular weight is 597 g/mol. The zero-order valence-corrected chi connectivity index (χ0v) is 22.7. The van der Waals surface area contributed by atoms with Crippen LogP contribution in [-0.2, 0) is 0 Å². The van der Waals surface area contributed by atoms with Crippen LogP contribution in [0.1, 0.15) is 32.9 Å². The zero-order chi connectivity index (χ0) is 50.6. The lowest BCUT2D eigenvalue weighted by Crippen LogP contribution is -1.91. The van der Waals surface area contributed by atoms with Crippen molar-refractivity contribution in [3.05, 3.63) is 169 Å². The smallest absolute Gasteiger partial charge is 0.143 e. The van der Waals surface area contributed by atoms with Crippen LogP contribution in [0.4, 0.5) is 0 Å². The molecule has 0 N–H and O–H groups in total. The standard InChI is InChI=1S/C44H28O/c1-3-13-29(14-4-1)34-23-12-24-40-35-26-25-32(28-41(35)45-44(34)40)31-17-11-18-33(27-31)43-38-21-9-7-19-36(38)42(30-15-5-2-6-16-30)37-20-8-10-22-39(37)43/h1-28H/i1D,2D,3D,4D,5D,6D,7D,8D,9D,10D,12D,13D,14D,15D,16D,19D,20D,21D,22D,23D,24D,25D,26D,28D. The van der Waals surface area contributed by atoms with Crippen LogP contribution in [0.25, 0.3) is 88.0 Å². The largest absolute Gasteiger partial charge is 0.455 e. The minimum absolute atomic E-state index is 0.0321. The van der Waals surface area contributed by atoms with Gasteiger partial charge in [0.15, 0.2) is 0 Å². The molecule has 0 amide bonds. The van der Waals surface area contributed by atoms with Gasteiger partial charge < -0.3 is 4.42 Å². The van der Waals surface area contributed by atoms with E-state index in [1.165, 1.54) is 24.3 Å². The molecule has 0 atom stereocenters. The van der Waals surface area contributed by atoms with Crippen molar-refractivity contribution >= 4 is 43.5 Å². The Morgan fingerprint density at radius 2 is 0.956 bits per heavy atom. The summed E-state index contributed by atoms with van der Waals surface area (Å²) < 4.78 is 217. The Bertz CT molecular complexity index is 3750. The Hall–Kier alpha value is -5.92. The summed E-state index contributed by atoms with van der Waals surface area (Å²) in [6.45, 7) is 0. The number of rotatable bonds is 4. The van der Waals surface area contributed by atoms with Crippen molar-refractivity contribution < 1.29 is 37.3 Å². The fourth-order valence-corrected chi connectivity index (χ4v) is 5.48. The van der Waals surface area contributed by atoms with Gasteiger partial charge in [0.05, 0.1) is 32.9 Å². The third kappa shape index (κ3) is 4.17. The van der Waals surface area contributed by atoms with Crippen molar-refractivity contribution in [2.75, 3.05) is 0 Å². The lowest BCUT2D eigenvalue weighted by molar-refractivity contribution is 0.670. The highest BCUT2D eigenvalue weighted by molar-refractivity contribution is 6.21. The lowest BCUT2D eigenvalue weighted by Gasteiger charge is -2.18. The SMILES string of the molecule is [2H]c1c([2H])c([2H])c(-c2c([2H])c([2H])c([2H])c3c2oc2c([2H])c(-c4cccc(-c5c6c([2H])c([2H])c([2H])c([2H])c6c(-c6c([2H])c([2H])c([2H])c([2H])c6[2H])c6c([2H])c([2H])c([2H])c([2H])c56)c4)c([2H])c([2H])c23)c([2H])c1[2H]. The number of hydrogen-bond donors (Lipinski definition) is 0. The van der Waals surface area contributed by atoms with Gasteiger partial charge >= 0.3 is 0 Å². The van der Waals surface area contributed by atoms with Crippen LogP contribution in [0.2, 0.25) is 0 Å². The summed E-state index contributed by atoms with van der Waals surface area (Å²) in [7, 11) is 0. The highest BCUT2D eigenvalue weighted by Gasteiger charge is 2.17. The van der Waals surface area contributed by atoms with Gasteiger partial charge in [0, 0.05) is 16.3 Å². The summed E-state index contributed by atoms with van der Waals surface area (Å²) in [6.07, 6.45) is 0. The molecule has 0 saturated heterocycles. The van der Waals surface area contributed by atoms with E-state index in [4.69, 9.17) is 27.7 Å². The number of benzene rings is 8. The molecule has 1 nitrogen and oxygen atoms in total. The van der Waals surface area contributed by atoms with Crippen LogP contribution in [0.5, 0.6) is 0 Å². The first kappa shape index (κ1) is 11.2. The van der Waals surface area contributed by atoms with E-state index in [1.54, 1.807) is 0 Å². The normalized spacial score (nSPS) is 19.0. The Kier molecular flexibility index (Phi) is 2.58. The van der Waals surface area contributed by atoms with Gasteiger partial charge in [-0.3, -0.25) is 0 Å².